The highest BCUT2D eigenvalue weighted by atomic mass is 32.1. The SMILES string of the molecule is CCCCN(CCCC)C(=O)c1sc(N)nc1C. The number of anilines is 1. The van der Waals surface area contributed by atoms with Crippen molar-refractivity contribution in [2.75, 3.05) is 18.8 Å². The predicted molar refractivity (Wildman–Crippen MR) is 77.0 cm³/mol. The Balaban J connectivity index is 2.77. The number of rotatable bonds is 7. The molecule has 1 amide bonds. The highest BCUT2D eigenvalue weighted by Gasteiger charge is 2.20. The first kappa shape index (κ1) is 15.0. The number of unbranched alkanes of at least 4 members (excludes halogenated alkanes) is 2. The van der Waals surface area contributed by atoms with Crippen molar-refractivity contribution in [1.29, 1.82) is 0 Å². The summed E-state index contributed by atoms with van der Waals surface area (Å²) in [7, 11) is 0. The summed E-state index contributed by atoms with van der Waals surface area (Å²) in [6.07, 6.45) is 4.28. The first-order valence-corrected chi connectivity index (χ1v) is 7.44. The molecular weight excluding hydrogens is 246 g/mol. The molecule has 0 radical (unpaired) electrons. The number of carbonyl (C=O) groups excluding carboxylic acids is 1. The first-order chi connectivity index (χ1) is 8.60. The van der Waals surface area contributed by atoms with E-state index < -0.39 is 0 Å². The van der Waals surface area contributed by atoms with Crippen molar-refractivity contribution in [3.05, 3.63) is 10.6 Å². The van der Waals surface area contributed by atoms with Gasteiger partial charge in [-0.05, 0) is 19.8 Å². The van der Waals surface area contributed by atoms with Gasteiger partial charge in [-0.25, -0.2) is 4.98 Å². The largest absolute Gasteiger partial charge is 0.375 e. The second-order valence-corrected chi connectivity index (χ2v) is 5.50. The quantitative estimate of drug-likeness (QED) is 0.827. The zero-order chi connectivity index (χ0) is 13.5. The second-order valence-electron chi connectivity index (χ2n) is 4.47. The van der Waals surface area contributed by atoms with E-state index in [1.807, 2.05) is 11.8 Å². The summed E-state index contributed by atoms with van der Waals surface area (Å²) in [5, 5.41) is 0.474. The number of nitrogens with zero attached hydrogens (tertiary/aromatic N) is 2. The number of carbonyl (C=O) groups is 1. The van der Waals surface area contributed by atoms with Gasteiger partial charge in [0.25, 0.3) is 5.91 Å². The number of hydrogen-bond donors (Lipinski definition) is 1. The van der Waals surface area contributed by atoms with Crippen LogP contribution in [0, 0.1) is 6.92 Å². The molecule has 0 fully saturated rings. The van der Waals surface area contributed by atoms with Crippen molar-refractivity contribution in [3.8, 4) is 0 Å². The molecule has 1 rings (SSSR count). The van der Waals surface area contributed by atoms with Crippen LogP contribution in [0.1, 0.15) is 54.9 Å². The van der Waals surface area contributed by atoms with Crippen LogP contribution >= 0.6 is 11.3 Å². The van der Waals surface area contributed by atoms with E-state index >= 15 is 0 Å². The Kier molecular flexibility index (Phi) is 6.12. The Labute approximate surface area is 113 Å². The van der Waals surface area contributed by atoms with Crippen molar-refractivity contribution >= 4 is 22.4 Å². The van der Waals surface area contributed by atoms with Gasteiger partial charge in [-0.1, -0.05) is 38.0 Å². The van der Waals surface area contributed by atoms with Gasteiger partial charge in [0.15, 0.2) is 5.13 Å². The molecule has 0 aliphatic carbocycles. The van der Waals surface area contributed by atoms with Gasteiger partial charge in [0.2, 0.25) is 0 Å². The Bertz CT molecular complexity index is 382. The fourth-order valence-corrected chi connectivity index (χ4v) is 2.57. The molecule has 0 unspecified atom stereocenters. The van der Waals surface area contributed by atoms with Crippen molar-refractivity contribution in [2.24, 2.45) is 0 Å². The van der Waals surface area contributed by atoms with Crippen LogP contribution in [-0.4, -0.2) is 28.9 Å². The topological polar surface area (TPSA) is 59.2 Å². The van der Waals surface area contributed by atoms with Gasteiger partial charge < -0.3 is 10.6 Å². The van der Waals surface area contributed by atoms with Gasteiger partial charge in [-0.3, -0.25) is 4.79 Å². The van der Waals surface area contributed by atoms with Gasteiger partial charge in [-0.15, -0.1) is 0 Å². The molecule has 0 aromatic carbocycles. The molecule has 0 aliphatic rings. The minimum Gasteiger partial charge on any atom is -0.375 e. The minimum absolute atomic E-state index is 0.0867. The summed E-state index contributed by atoms with van der Waals surface area (Å²) in [5.74, 6) is 0.0867. The predicted octanol–water partition coefficient (Wildman–Crippen LogP) is 3.08. The Morgan fingerprint density at radius 2 is 1.83 bits per heavy atom. The lowest BCUT2D eigenvalue weighted by molar-refractivity contribution is 0.0755. The smallest absolute Gasteiger partial charge is 0.265 e. The molecule has 0 saturated heterocycles. The lowest BCUT2D eigenvalue weighted by Gasteiger charge is -2.21. The summed E-state index contributed by atoms with van der Waals surface area (Å²) in [6.45, 7) is 7.77. The van der Waals surface area contributed by atoms with Gasteiger partial charge >= 0.3 is 0 Å². The monoisotopic (exact) mass is 269 g/mol. The maximum Gasteiger partial charge on any atom is 0.265 e. The molecule has 4 nitrogen and oxygen atoms in total. The van der Waals surface area contributed by atoms with E-state index in [1.165, 1.54) is 11.3 Å². The van der Waals surface area contributed by atoms with E-state index in [4.69, 9.17) is 5.73 Å². The van der Waals surface area contributed by atoms with Crippen LogP contribution in [0.3, 0.4) is 0 Å². The maximum absolute atomic E-state index is 12.4. The van der Waals surface area contributed by atoms with Crippen LogP contribution in [0.5, 0.6) is 0 Å². The Hall–Kier alpha value is -1.10. The Morgan fingerprint density at radius 1 is 1.28 bits per heavy atom. The summed E-state index contributed by atoms with van der Waals surface area (Å²) in [6, 6.07) is 0. The zero-order valence-corrected chi connectivity index (χ0v) is 12.3. The second kappa shape index (κ2) is 7.36. The van der Waals surface area contributed by atoms with Crippen LogP contribution in [0.15, 0.2) is 0 Å². The number of thiazole rings is 1. The Morgan fingerprint density at radius 3 is 2.22 bits per heavy atom. The third-order valence-electron chi connectivity index (χ3n) is 2.86. The van der Waals surface area contributed by atoms with Gasteiger partial charge in [-0.2, -0.15) is 0 Å². The van der Waals surface area contributed by atoms with Crippen molar-refractivity contribution in [2.45, 2.75) is 46.5 Å². The molecule has 18 heavy (non-hydrogen) atoms. The average Bonchev–Trinajstić information content (AvgIpc) is 2.68. The fraction of sp³-hybridized carbons (Fsp3) is 0.692. The number of nitrogen functional groups attached to an aromatic ring is 1. The maximum atomic E-state index is 12.4. The van der Waals surface area contributed by atoms with Crippen LogP contribution in [0.25, 0.3) is 0 Å². The van der Waals surface area contributed by atoms with E-state index in [-0.39, 0.29) is 5.91 Å². The van der Waals surface area contributed by atoms with Gasteiger partial charge in [0, 0.05) is 13.1 Å². The van der Waals surface area contributed by atoms with Crippen LogP contribution in [0.4, 0.5) is 5.13 Å². The molecule has 2 N–H and O–H groups in total. The summed E-state index contributed by atoms with van der Waals surface area (Å²) >= 11 is 1.29. The fourth-order valence-electron chi connectivity index (χ4n) is 1.77. The number of amides is 1. The van der Waals surface area contributed by atoms with Crippen molar-refractivity contribution in [1.82, 2.24) is 9.88 Å². The first-order valence-electron chi connectivity index (χ1n) is 6.62. The molecule has 0 aliphatic heterocycles. The molecule has 0 bridgehead atoms. The van der Waals surface area contributed by atoms with Gasteiger partial charge in [0.05, 0.1) is 5.69 Å². The summed E-state index contributed by atoms with van der Waals surface area (Å²) in [5.41, 5.74) is 6.40. The van der Waals surface area contributed by atoms with Crippen LogP contribution < -0.4 is 5.73 Å². The minimum atomic E-state index is 0.0867. The molecule has 102 valence electrons. The molecule has 1 aromatic heterocycles. The molecule has 1 aromatic rings. The average molecular weight is 269 g/mol. The number of nitrogens with two attached hydrogens (primary N) is 1. The number of hydrogen-bond acceptors (Lipinski definition) is 4. The van der Waals surface area contributed by atoms with Gasteiger partial charge in [0.1, 0.15) is 4.88 Å². The summed E-state index contributed by atoms with van der Waals surface area (Å²) in [4.78, 5) is 19.2. The molecular formula is C13H23N3OS. The van der Waals surface area contributed by atoms with E-state index in [0.717, 1.165) is 44.5 Å². The van der Waals surface area contributed by atoms with E-state index in [2.05, 4.69) is 18.8 Å². The highest BCUT2D eigenvalue weighted by molar-refractivity contribution is 7.17. The number of aryl methyl sites for hydroxylation is 1. The zero-order valence-electron chi connectivity index (χ0n) is 11.5. The molecule has 0 atom stereocenters. The van der Waals surface area contributed by atoms with Crippen LogP contribution in [-0.2, 0) is 0 Å². The van der Waals surface area contributed by atoms with Crippen molar-refractivity contribution < 1.29 is 4.79 Å². The third kappa shape index (κ3) is 3.98. The standard InChI is InChI=1S/C13H23N3OS/c1-4-6-8-16(9-7-5-2)12(17)11-10(3)15-13(14)18-11/h4-9H2,1-3H3,(H2,14,15). The van der Waals surface area contributed by atoms with Crippen molar-refractivity contribution in [3.63, 3.8) is 0 Å². The molecule has 0 saturated carbocycles. The molecule has 0 spiro atoms. The number of aromatic nitrogens is 1. The van der Waals surface area contributed by atoms with E-state index in [9.17, 15) is 4.79 Å². The normalized spacial score (nSPS) is 10.6. The molecule has 5 heteroatoms. The van der Waals surface area contributed by atoms with Crippen LogP contribution in [0.2, 0.25) is 0 Å². The highest BCUT2D eigenvalue weighted by Crippen LogP contribution is 2.21. The van der Waals surface area contributed by atoms with E-state index in [0.29, 0.717) is 10.0 Å². The lowest BCUT2D eigenvalue weighted by Crippen LogP contribution is -2.32. The summed E-state index contributed by atoms with van der Waals surface area (Å²) < 4.78 is 0. The van der Waals surface area contributed by atoms with E-state index in [1.54, 1.807) is 0 Å². The lowest BCUT2D eigenvalue weighted by atomic mass is 10.2. The molecule has 1 heterocycles. The third-order valence-corrected chi connectivity index (χ3v) is 3.83.